The monoisotopic (exact) mass is 254 g/mol. The summed E-state index contributed by atoms with van der Waals surface area (Å²) in [5.74, 6) is 0. The third-order valence-corrected chi connectivity index (χ3v) is 2.89. The zero-order valence-corrected chi connectivity index (χ0v) is 10.4. The molecular weight excluding hydrogens is 236 g/mol. The van der Waals surface area contributed by atoms with Crippen LogP contribution in [0.3, 0.4) is 0 Å². The molecule has 0 saturated heterocycles. The molecule has 0 heterocycles. The number of aliphatic hydroxyl groups excluding tert-OH is 1. The Morgan fingerprint density at radius 2 is 2.00 bits per heavy atom. The predicted octanol–water partition coefficient (Wildman–Crippen LogP) is -0.415. The minimum atomic E-state index is -3.90. The van der Waals surface area contributed by atoms with Gasteiger partial charge in [-0.2, -0.15) is 13.1 Å². The summed E-state index contributed by atoms with van der Waals surface area (Å²) in [7, 11) is -2.83. The van der Waals surface area contributed by atoms with Gasteiger partial charge in [0.25, 0.3) is 0 Å². The summed E-state index contributed by atoms with van der Waals surface area (Å²) in [5, 5.41) is 8.75. The molecule has 0 aliphatic rings. The molecule has 0 aromatic rings. The summed E-state index contributed by atoms with van der Waals surface area (Å²) in [4.78, 5) is 10.7. The summed E-state index contributed by atoms with van der Waals surface area (Å²) in [5.41, 5.74) is -0.389. The van der Waals surface area contributed by atoms with Gasteiger partial charge in [-0.05, 0) is 11.8 Å². The number of carbonyl (C=O) groups excluding carboxylic acids is 1. The molecule has 0 rings (SSSR count). The van der Waals surface area contributed by atoms with Crippen molar-refractivity contribution < 1.29 is 23.1 Å². The van der Waals surface area contributed by atoms with Crippen LogP contribution in [0.2, 0.25) is 0 Å². The molecule has 0 aliphatic carbocycles. The first-order valence-corrected chi connectivity index (χ1v) is 6.17. The fourth-order valence-corrected chi connectivity index (χ4v) is 1.82. The molecule has 0 aromatic carbocycles. The molecule has 16 heavy (non-hydrogen) atoms. The lowest BCUT2D eigenvalue weighted by Crippen LogP contribution is -2.44. The molecule has 7 nitrogen and oxygen atoms in total. The van der Waals surface area contributed by atoms with E-state index in [0.717, 1.165) is 7.11 Å². The molecule has 0 atom stereocenters. The van der Waals surface area contributed by atoms with Crippen molar-refractivity contribution in [2.45, 2.75) is 20.3 Å². The van der Waals surface area contributed by atoms with Crippen molar-refractivity contribution >= 4 is 16.3 Å². The summed E-state index contributed by atoms with van der Waals surface area (Å²) in [6, 6.07) is 0. The number of amides is 1. The Hall–Kier alpha value is -0.860. The number of carbonyl (C=O) groups is 1. The van der Waals surface area contributed by atoms with E-state index >= 15 is 0 Å². The van der Waals surface area contributed by atoms with E-state index in [2.05, 4.69) is 9.46 Å². The van der Waals surface area contributed by atoms with Crippen LogP contribution in [-0.4, -0.2) is 39.9 Å². The molecule has 0 fully saturated rings. The molecule has 0 radical (unpaired) electrons. The topological polar surface area (TPSA) is 105 Å². The zero-order chi connectivity index (χ0) is 12.8. The second kappa shape index (κ2) is 6.02. The third kappa shape index (κ3) is 6.59. The number of ether oxygens (including phenoxy) is 1. The van der Waals surface area contributed by atoms with E-state index in [-0.39, 0.29) is 18.6 Å². The highest BCUT2D eigenvalue weighted by atomic mass is 32.2. The van der Waals surface area contributed by atoms with Gasteiger partial charge < -0.3 is 9.84 Å². The first-order chi connectivity index (χ1) is 7.22. The number of nitrogens with one attached hydrogen (secondary N) is 2. The minimum absolute atomic E-state index is 0.0286. The van der Waals surface area contributed by atoms with Crippen LogP contribution in [0.4, 0.5) is 4.79 Å². The molecule has 96 valence electrons. The van der Waals surface area contributed by atoms with Crippen LogP contribution in [0.25, 0.3) is 0 Å². The predicted molar refractivity (Wildman–Crippen MR) is 57.9 cm³/mol. The fraction of sp³-hybridized carbons (Fsp3) is 0.875. The van der Waals surface area contributed by atoms with Gasteiger partial charge in [0.2, 0.25) is 0 Å². The zero-order valence-electron chi connectivity index (χ0n) is 9.61. The van der Waals surface area contributed by atoms with Crippen LogP contribution < -0.4 is 9.44 Å². The highest BCUT2D eigenvalue weighted by Gasteiger charge is 2.21. The van der Waals surface area contributed by atoms with Gasteiger partial charge in [0.15, 0.2) is 0 Å². The van der Waals surface area contributed by atoms with E-state index in [9.17, 15) is 13.2 Å². The van der Waals surface area contributed by atoms with Crippen LogP contribution in [0.1, 0.15) is 20.3 Å². The molecule has 0 spiro atoms. The van der Waals surface area contributed by atoms with E-state index < -0.39 is 16.3 Å². The van der Waals surface area contributed by atoms with Crippen molar-refractivity contribution in [1.82, 2.24) is 9.44 Å². The summed E-state index contributed by atoms with van der Waals surface area (Å²) < 4.78 is 30.5. The van der Waals surface area contributed by atoms with E-state index in [1.165, 1.54) is 0 Å². The maximum Gasteiger partial charge on any atom is 0.421 e. The van der Waals surface area contributed by atoms with Crippen LogP contribution in [0.5, 0.6) is 0 Å². The maximum atomic E-state index is 11.3. The smallest absolute Gasteiger partial charge is 0.421 e. The lowest BCUT2D eigenvalue weighted by atomic mass is 9.90. The average molecular weight is 254 g/mol. The molecular formula is C8H18N2O5S. The van der Waals surface area contributed by atoms with Crippen molar-refractivity contribution in [3.05, 3.63) is 0 Å². The number of hydrogen-bond acceptors (Lipinski definition) is 5. The average Bonchev–Trinajstić information content (AvgIpc) is 2.14. The maximum absolute atomic E-state index is 11.3. The Bertz CT molecular complexity index is 325. The Labute approximate surface area is 95.4 Å². The first-order valence-electron chi connectivity index (χ1n) is 4.68. The molecule has 0 aromatic heterocycles. The number of aliphatic hydroxyl groups is 1. The second-order valence-corrected chi connectivity index (χ2v) is 5.56. The first kappa shape index (κ1) is 15.1. The largest absolute Gasteiger partial charge is 0.452 e. The fourth-order valence-electron chi connectivity index (χ4n) is 0.869. The number of hydrogen-bond donors (Lipinski definition) is 3. The van der Waals surface area contributed by atoms with Crippen LogP contribution in [0.15, 0.2) is 0 Å². The Balaban J connectivity index is 4.24. The van der Waals surface area contributed by atoms with Gasteiger partial charge in [-0.3, -0.25) is 0 Å². The molecule has 3 N–H and O–H groups in total. The normalized spacial score (nSPS) is 12.2. The standard InChI is InChI=1S/C8H18N2O5S/c1-8(2,4-5-11)6-9-16(13,14)10-7(12)15-3/h9,11H,4-6H2,1-3H3,(H,10,12). The quantitative estimate of drug-likeness (QED) is 0.597. The van der Waals surface area contributed by atoms with Crippen LogP contribution in [0, 0.1) is 5.41 Å². The van der Waals surface area contributed by atoms with Crippen molar-refractivity contribution in [2.24, 2.45) is 5.41 Å². The van der Waals surface area contributed by atoms with Crippen molar-refractivity contribution in [3.8, 4) is 0 Å². The Morgan fingerprint density at radius 3 is 2.44 bits per heavy atom. The third-order valence-electron chi connectivity index (χ3n) is 1.93. The molecule has 8 heteroatoms. The van der Waals surface area contributed by atoms with Gasteiger partial charge >= 0.3 is 16.3 Å². The lowest BCUT2D eigenvalue weighted by molar-refractivity contribution is 0.177. The van der Waals surface area contributed by atoms with Crippen LogP contribution in [-0.2, 0) is 14.9 Å². The summed E-state index contributed by atoms with van der Waals surface area (Å²) >= 11 is 0. The van der Waals surface area contributed by atoms with Gasteiger partial charge in [0, 0.05) is 13.2 Å². The van der Waals surface area contributed by atoms with Crippen molar-refractivity contribution in [3.63, 3.8) is 0 Å². The van der Waals surface area contributed by atoms with E-state index in [1.807, 2.05) is 0 Å². The Morgan fingerprint density at radius 1 is 1.44 bits per heavy atom. The molecule has 0 bridgehead atoms. The van der Waals surface area contributed by atoms with Gasteiger partial charge in [-0.1, -0.05) is 13.8 Å². The van der Waals surface area contributed by atoms with Crippen LogP contribution >= 0.6 is 0 Å². The van der Waals surface area contributed by atoms with Gasteiger partial charge in [-0.15, -0.1) is 0 Å². The van der Waals surface area contributed by atoms with Gasteiger partial charge in [-0.25, -0.2) is 9.52 Å². The van der Waals surface area contributed by atoms with Crippen molar-refractivity contribution in [1.29, 1.82) is 0 Å². The summed E-state index contributed by atoms with van der Waals surface area (Å²) in [6.07, 6.45) is -0.597. The molecule has 1 amide bonds. The summed E-state index contributed by atoms with van der Waals surface area (Å²) in [6.45, 7) is 3.67. The Kier molecular flexibility index (Phi) is 5.70. The number of methoxy groups -OCH3 is 1. The SMILES string of the molecule is COC(=O)NS(=O)(=O)NCC(C)(C)CCO. The van der Waals surface area contributed by atoms with E-state index in [1.54, 1.807) is 18.6 Å². The highest BCUT2D eigenvalue weighted by molar-refractivity contribution is 7.88. The highest BCUT2D eigenvalue weighted by Crippen LogP contribution is 2.18. The lowest BCUT2D eigenvalue weighted by Gasteiger charge is -2.23. The second-order valence-electron chi connectivity index (χ2n) is 4.06. The number of rotatable bonds is 6. The molecule has 0 aliphatic heterocycles. The molecule has 0 saturated carbocycles. The van der Waals surface area contributed by atoms with Crippen molar-refractivity contribution in [2.75, 3.05) is 20.3 Å². The van der Waals surface area contributed by atoms with E-state index in [4.69, 9.17) is 5.11 Å². The van der Waals surface area contributed by atoms with E-state index in [0.29, 0.717) is 6.42 Å². The van der Waals surface area contributed by atoms with Gasteiger partial charge in [0.05, 0.1) is 7.11 Å². The van der Waals surface area contributed by atoms with Gasteiger partial charge in [0.1, 0.15) is 0 Å². The molecule has 0 unspecified atom stereocenters. The minimum Gasteiger partial charge on any atom is -0.452 e.